The normalized spacial score (nSPS) is 14.7. The molecule has 0 bridgehead atoms. The molecule has 0 saturated carbocycles. The average molecular weight is 309 g/mol. The summed E-state index contributed by atoms with van der Waals surface area (Å²) in [6.45, 7) is 0.812. The monoisotopic (exact) mass is 309 g/mol. The summed E-state index contributed by atoms with van der Waals surface area (Å²) in [7, 11) is 0. The second-order valence-corrected chi connectivity index (χ2v) is 5.96. The van der Waals surface area contributed by atoms with Gasteiger partial charge in [-0.3, -0.25) is 4.99 Å². The van der Waals surface area contributed by atoms with Crippen LogP contribution in [0.25, 0.3) is 0 Å². The van der Waals surface area contributed by atoms with Gasteiger partial charge in [0.25, 0.3) is 0 Å². The first-order valence-corrected chi connectivity index (χ1v) is 7.68. The number of hydrogen-bond donors (Lipinski definition) is 0. The summed E-state index contributed by atoms with van der Waals surface area (Å²) >= 11 is 1.69. The molecule has 0 atom stereocenters. The Morgan fingerprint density at radius 1 is 1.05 bits per heavy atom. The Kier molecular flexibility index (Phi) is 3.85. The molecule has 1 aliphatic heterocycles. The molecule has 0 aliphatic carbocycles. The Hall–Kier alpha value is -1.62. The van der Waals surface area contributed by atoms with Crippen molar-refractivity contribution in [2.45, 2.75) is 25.4 Å². The van der Waals surface area contributed by atoms with Crippen LogP contribution in [0.5, 0.6) is 0 Å². The third kappa shape index (κ3) is 3.18. The highest BCUT2D eigenvalue weighted by molar-refractivity contribution is 7.12. The number of halogens is 3. The van der Waals surface area contributed by atoms with Crippen LogP contribution < -0.4 is 0 Å². The Labute approximate surface area is 125 Å². The van der Waals surface area contributed by atoms with E-state index in [9.17, 15) is 13.2 Å². The topological polar surface area (TPSA) is 12.4 Å². The summed E-state index contributed by atoms with van der Waals surface area (Å²) in [4.78, 5) is 5.81. The molecule has 110 valence electrons. The van der Waals surface area contributed by atoms with E-state index in [-0.39, 0.29) is 0 Å². The van der Waals surface area contributed by atoms with Crippen LogP contribution in [0.4, 0.5) is 13.2 Å². The van der Waals surface area contributed by atoms with Crippen molar-refractivity contribution in [3.8, 4) is 0 Å². The number of hydrogen-bond acceptors (Lipinski definition) is 2. The number of fused-ring (bicyclic) bond motifs is 1. The molecule has 0 unspecified atom stereocenters. The lowest BCUT2D eigenvalue weighted by molar-refractivity contribution is -0.137. The van der Waals surface area contributed by atoms with E-state index < -0.39 is 11.7 Å². The second-order valence-electron chi connectivity index (χ2n) is 5.05. The van der Waals surface area contributed by atoms with Gasteiger partial charge in [0.15, 0.2) is 0 Å². The van der Waals surface area contributed by atoms with E-state index in [2.05, 4.69) is 16.4 Å². The first kappa shape index (κ1) is 14.3. The largest absolute Gasteiger partial charge is 0.416 e. The Bertz CT molecular complexity index is 653. The van der Waals surface area contributed by atoms with Gasteiger partial charge in [0.2, 0.25) is 0 Å². The van der Waals surface area contributed by atoms with Gasteiger partial charge in [-0.1, -0.05) is 12.1 Å². The van der Waals surface area contributed by atoms with Crippen molar-refractivity contribution in [2.75, 3.05) is 6.54 Å². The van der Waals surface area contributed by atoms with Crippen LogP contribution in [0, 0.1) is 0 Å². The van der Waals surface area contributed by atoms with Gasteiger partial charge in [-0.25, -0.2) is 0 Å². The third-order valence-electron chi connectivity index (χ3n) is 3.62. The highest BCUT2D eigenvalue weighted by Gasteiger charge is 2.29. The molecular weight excluding hydrogens is 295 g/mol. The summed E-state index contributed by atoms with van der Waals surface area (Å²) in [6, 6.07) is 7.54. The van der Waals surface area contributed by atoms with Gasteiger partial charge in [-0.2, -0.15) is 13.2 Å². The first-order chi connectivity index (χ1) is 10.0. The quantitative estimate of drug-likeness (QED) is 0.776. The van der Waals surface area contributed by atoms with Gasteiger partial charge in [0, 0.05) is 6.54 Å². The minimum absolute atomic E-state index is 0.596. The average Bonchev–Trinajstić information content (AvgIpc) is 2.93. The van der Waals surface area contributed by atoms with Crippen LogP contribution in [-0.4, -0.2) is 12.3 Å². The number of benzene rings is 1. The lowest BCUT2D eigenvalue weighted by Crippen LogP contribution is -2.11. The third-order valence-corrected chi connectivity index (χ3v) is 4.63. The maximum atomic E-state index is 12.5. The van der Waals surface area contributed by atoms with Crippen molar-refractivity contribution in [3.63, 3.8) is 0 Å². The molecule has 0 radical (unpaired) electrons. The zero-order chi connectivity index (χ0) is 14.9. The van der Waals surface area contributed by atoms with Crippen LogP contribution in [0.3, 0.4) is 0 Å². The second kappa shape index (κ2) is 5.64. The zero-order valence-corrected chi connectivity index (χ0v) is 12.1. The van der Waals surface area contributed by atoms with Crippen molar-refractivity contribution in [1.82, 2.24) is 0 Å². The number of aliphatic imine (C=N–C) groups is 1. The van der Waals surface area contributed by atoms with E-state index in [0.29, 0.717) is 6.42 Å². The molecule has 0 spiro atoms. The van der Waals surface area contributed by atoms with Crippen LogP contribution in [-0.2, 0) is 19.0 Å². The minimum atomic E-state index is -4.27. The standard InChI is InChI=1S/C16H14F3NS/c17-16(18,19)13-4-1-11(2-5-13)3-6-14-15-12(7-9-20-14)8-10-21-15/h1-2,4-5,8,10H,3,6-7,9H2. The molecule has 1 nitrogen and oxygen atoms in total. The Morgan fingerprint density at radius 2 is 1.81 bits per heavy atom. The van der Waals surface area contributed by atoms with E-state index in [1.165, 1.54) is 10.4 Å². The van der Waals surface area contributed by atoms with Crippen LogP contribution in [0.2, 0.25) is 0 Å². The van der Waals surface area contributed by atoms with Crippen molar-refractivity contribution >= 4 is 17.0 Å². The van der Waals surface area contributed by atoms with Gasteiger partial charge in [-0.05, 0) is 54.0 Å². The molecule has 1 aromatic carbocycles. The summed E-state index contributed by atoms with van der Waals surface area (Å²) in [5.74, 6) is 0. The molecule has 3 rings (SSSR count). The summed E-state index contributed by atoms with van der Waals surface area (Å²) in [5, 5.41) is 2.07. The number of rotatable bonds is 3. The summed E-state index contributed by atoms with van der Waals surface area (Å²) < 4.78 is 37.5. The van der Waals surface area contributed by atoms with E-state index in [0.717, 1.165) is 42.8 Å². The van der Waals surface area contributed by atoms with Crippen LogP contribution in [0.1, 0.15) is 28.0 Å². The van der Waals surface area contributed by atoms with E-state index in [1.807, 2.05) is 0 Å². The number of nitrogens with zero attached hydrogens (tertiary/aromatic N) is 1. The van der Waals surface area contributed by atoms with Gasteiger partial charge < -0.3 is 0 Å². The summed E-state index contributed by atoms with van der Waals surface area (Å²) in [6.07, 6.45) is -1.78. The van der Waals surface area contributed by atoms with E-state index in [4.69, 9.17) is 0 Å². The van der Waals surface area contributed by atoms with Crippen LogP contribution in [0.15, 0.2) is 40.7 Å². The smallest absolute Gasteiger partial charge is 0.288 e. The molecule has 1 aromatic heterocycles. The van der Waals surface area contributed by atoms with Crippen molar-refractivity contribution in [2.24, 2.45) is 4.99 Å². The molecule has 0 N–H and O–H groups in total. The van der Waals surface area contributed by atoms with Gasteiger partial charge in [0.05, 0.1) is 16.2 Å². The fourth-order valence-corrected chi connectivity index (χ4v) is 3.48. The zero-order valence-electron chi connectivity index (χ0n) is 11.3. The van der Waals surface area contributed by atoms with Crippen LogP contribution >= 0.6 is 11.3 Å². The van der Waals surface area contributed by atoms with E-state index >= 15 is 0 Å². The SMILES string of the molecule is FC(F)(F)c1ccc(CCC2=NCCc3ccsc32)cc1. The van der Waals surface area contributed by atoms with Gasteiger partial charge >= 0.3 is 6.18 Å². The lowest BCUT2D eigenvalue weighted by atomic mass is 10.0. The van der Waals surface area contributed by atoms with Crippen molar-refractivity contribution in [1.29, 1.82) is 0 Å². The highest BCUT2D eigenvalue weighted by Crippen LogP contribution is 2.29. The lowest BCUT2D eigenvalue weighted by Gasteiger charge is -2.13. The molecule has 0 saturated heterocycles. The molecule has 2 heterocycles. The van der Waals surface area contributed by atoms with Gasteiger partial charge in [0.1, 0.15) is 0 Å². The predicted molar refractivity (Wildman–Crippen MR) is 79.2 cm³/mol. The maximum Gasteiger partial charge on any atom is 0.416 e. The Balaban J connectivity index is 1.67. The predicted octanol–water partition coefficient (Wildman–Crippen LogP) is 4.74. The maximum absolute atomic E-state index is 12.5. The number of thiophene rings is 1. The molecule has 1 aliphatic rings. The molecule has 2 aromatic rings. The molecule has 5 heteroatoms. The molecular formula is C16H14F3NS. The molecule has 0 fully saturated rings. The number of aryl methyl sites for hydroxylation is 1. The Morgan fingerprint density at radius 3 is 2.52 bits per heavy atom. The molecule has 21 heavy (non-hydrogen) atoms. The minimum Gasteiger partial charge on any atom is -0.288 e. The fraction of sp³-hybridized carbons (Fsp3) is 0.312. The van der Waals surface area contributed by atoms with E-state index in [1.54, 1.807) is 23.5 Å². The summed E-state index contributed by atoms with van der Waals surface area (Å²) in [5.41, 5.74) is 2.75. The number of alkyl halides is 3. The molecule has 0 amide bonds. The fourth-order valence-electron chi connectivity index (χ4n) is 2.48. The van der Waals surface area contributed by atoms with Crippen molar-refractivity contribution in [3.05, 3.63) is 57.3 Å². The van der Waals surface area contributed by atoms with Gasteiger partial charge in [-0.15, -0.1) is 11.3 Å². The van der Waals surface area contributed by atoms with Crippen molar-refractivity contribution < 1.29 is 13.2 Å². The first-order valence-electron chi connectivity index (χ1n) is 6.80. The highest BCUT2D eigenvalue weighted by atomic mass is 32.1.